The number of anilines is 1. The quantitative estimate of drug-likeness (QED) is 0.156. The number of ether oxygens (including phenoxy) is 2. The summed E-state index contributed by atoms with van der Waals surface area (Å²) in [6.45, 7) is 7.88. The van der Waals surface area contributed by atoms with E-state index in [-0.39, 0.29) is 12.4 Å². The average Bonchev–Trinajstić information content (AvgIpc) is 3.24. The molecule has 304 valence electrons. The highest BCUT2D eigenvalue weighted by atomic mass is 35.5. The maximum absolute atomic E-state index is 5.78. The van der Waals surface area contributed by atoms with E-state index in [0.29, 0.717) is 17.0 Å². The zero-order valence-corrected chi connectivity index (χ0v) is 35.5. The summed E-state index contributed by atoms with van der Waals surface area (Å²) in [6.07, 6.45) is 7.03. The van der Waals surface area contributed by atoms with Crippen molar-refractivity contribution in [2.24, 2.45) is 0 Å². The van der Waals surface area contributed by atoms with Crippen LogP contribution in [0.25, 0.3) is 44.3 Å². The molecule has 2 aliphatic heterocycles. The Kier molecular flexibility index (Phi) is 13.5. The zero-order chi connectivity index (χ0) is 40.7. The van der Waals surface area contributed by atoms with Crippen LogP contribution in [0.1, 0.15) is 34.4 Å². The normalized spacial score (nSPS) is 13.4. The first-order chi connectivity index (χ1) is 28.9. The number of benzene rings is 4. The van der Waals surface area contributed by atoms with E-state index in [1.807, 2.05) is 79.7 Å². The average molecular weight is 838 g/mol. The number of aryl methyl sites for hydroxylation is 2. The Balaban J connectivity index is 0.000000149. The molecule has 2 fully saturated rings. The number of nitrogens with one attached hydrogen (secondary N) is 1. The second kappa shape index (κ2) is 19.2. The molecule has 0 amide bonds. The fourth-order valence-corrected chi connectivity index (χ4v) is 7.48. The Hall–Kier alpha value is -6.20. The van der Waals surface area contributed by atoms with E-state index in [1.165, 1.54) is 10.9 Å². The van der Waals surface area contributed by atoms with Crippen molar-refractivity contribution in [3.8, 4) is 34.0 Å². The van der Waals surface area contributed by atoms with Gasteiger partial charge in [-0.25, -0.2) is 9.97 Å². The molecular weight excluding hydrogens is 791 g/mol. The minimum Gasteiger partial charge on any atom is -0.497 e. The number of rotatable bonds is 7. The molecule has 0 atom stereocenters. The Labute approximate surface area is 361 Å². The Morgan fingerprint density at radius 2 is 1.08 bits per heavy atom. The van der Waals surface area contributed by atoms with E-state index in [9.17, 15) is 0 Å². The minimum atomic E-state index is 0. The molecule has 2 aliphatic rings. The van der Waals surface area contributed by atoms with E-state index in [4.69, 9.17) is 26.1 Å². The molecule has 0 saturated carbocycles. The largest absolute Gasteiger partial charge is 0.497 e. The van der Waals surface area contributed by atoms with Gasteiger partial charge in [-0.15, -0.1) is 12.4 Å². The lowest BCUT2D eigenvalue weighted by Gasteiger charge is -2.40. The number of hydrogen-bond donors (Lipinski definition) is 1. The van der Waals surface area contributed by atoms with Crippen molar-refractivity contribution < 1.29 is 9.47 Å². The number of para-hydroxylation sites is 2. The molecule has 0 spiro atoms. The highest BCUT2D eigenvalue weighted by Crippen LogP contribution is 2.36. The lowest BCUT2D eigenvalue weighted by atomic mass is 9.92. The third-order valence-corrected chi connectivity index (χ3v) is 10.9. The highest BCUT2D eigenvalue weighted by molar-refractivity contribution is 6.29. The van der Waals surface area contributed by atoms with Crippen LogP contribution in [0.3, 0.4) is 0 Å². The zero-order valence-electron chi connectivity index (χ0n) is 33.9. The van der Waals surface area contributed by atoms with Crippen LogP contribution < -0.4 is 19.7 Å². The fourth-order valence-electron chi connectivity index (χ4n) is 7.33. The van der Waals surface area contributed by atoms with Gasteiger partial charge in [-0.1, -0.05) is 72.3 Å². The summed E-state index contributed by atoms with van der Waals surface area (Å²) in [6, 6.07) is 36.4. The van der Waals surface area contributed by atoms with Gasteiger partial charge in [-0.2, -0.15) is 0 Å². The third-order valence-electron chi connectivity index (χ3n) is 10.7. The van der Waals surface area contributed by atoms with Crippen LogP contribution in [0.4, 0.5) is 5.82 Å². The van der Waals surface area contributed by atoms with Crippen molar-refractivity contribution in [2.75, 3.05) is 45.3 Å². The molecule has 4 aromatic heterocycles. The molecule has 0 bridgehead atoms. The van der Waals surface area contributed by atoms with Crippen LogP contribution in [0.2, 0.25) is 5.15 Å². The van der Waals surface area contributed by atoms with Crippen molar-refractivity contribution >= 4 is 51.6 Å². The maximum Gasteiger partial charge on any atom is 0.129 e. The van der Waals surface area contributed by atoms with Gasteiger partial charge in [-0.05, 0) is 73.5 Å². The van der Waals surface area contributed by atoms with Gasteiger partial charge in [0, 0.05) is 84.7 Å². The van der Waals surface area contributed by atoms with Crippen molar-refractivity contribution in [2.45, 2.75) is 25.7 Å². The summed E-state index contributed by atoms with van der Waals surface area (Å²) in [5.74, 6) is 3.50. The fraction of sp³-hybridized carbons (Fsp3) is 0.208. The molecule has 8 aromatic rings. The van der Waals surface area contributed by atoms with E-state index < -0.39 is 0 Å². The number of aromatic nitrogens is 6. The predicted octanol–water partition coefficient (Wildman–Crippen LogP) is 10.1. The lowest BCUT2D eigenvalue weighted by molar-refractivity contribution is 0.415. The summed E-state index contributed by atoms with van der Waals surface area (Å²) in [4.78, 5) is 29.7. The van der Waals surface area contributed by atoms with Gasteiger partial charge in [0.15, 0.2) is 0 Å². The number of pyridine rings is 2. The van der Waals surface area contributed by atoms with E-state index in [2.05, 4.69) is 78.5 Å². The standard InChI is InChI=1S/C24H22N4O.C14H15N3O.C10H8ClN.ClH/c1-16-5-3-6-17-9-10-21(27-22(16)17)28-14-19(15-28)24-23(25-11-12-26-24)18-7-4-8-20(13-18)29-2;1-18-12-4-2-3-10(7-12)13-14(11-8-15-9-11)17-6-5-16-13;1-7-3-2-4-8-5-6-9(11)12-10(7)8;/h3-13,19H,14-15H2,1-2H3;2-7,11,15H,8-9H2,1H3;2-6H,1H3;1H. The number of nitrogens with zero attached hydrogens (tertiary/aromatic N) is 7. The van der Waals surface area contributed by atoms with Gasteiger partial charge >= 0.3 is 0 Å². The second-order valence-corrected chi connectivity index (χ2v) is 15.0. The summed E-state index contributed by atoms with van der Waals surface area (Å²) in [7, 11) is 3.35. The minimum absolute atomic E-state index is 0. The van der Waals surface area contributed by atoms with Crippen molar-refractivity contribution in [1.82, 2.24) is 35.2 Å². The van der Waals surface area contributed by atoms with Crippen LogP contribution in [-0.2, 0) is 0 Å². The molecule has 6 heterocycles. The van der Waals surface area contributed by atoms with Gasteiger partial charge in [0.2, 0.25) is 0 Å². The first-order valence-electron chi connectivity index (χ1n) is 19.6. The Morgan fingerprint density at radius 1 is 0.583 bits per heavy atom. The number of halogens is 2. The van der Waals surface area contributed by atoms with Crippen LogP contribution in [-0.4, -0.2) is 70.3 Å². The molecular formula is C48H46Cl2N8O2. The molecule has 60 heavy (non-hydrogen) atoms. The summed E-state index contributed by atoms with van der Waals surface area (Å²) < 4.78 is 10.6. The molecule has 2 saturated heterocycles. The van der Waals surface area contributed by atoms with E-state index in [1.54, 1.807) is 39.0 Å². The molecule has 0 radical (unpaired) electrons. The number of hydrogen-bond acceptors (Lipinski definition) is 10. The van der Waals surface area contributed by atoms with Crippen LogP contribution in [0.5, 0.6) is 11.5 Å². The van der Waals surface area contributed by atoms with Gasteiger partial charge in [-0.3, -0.25) is 19.9 Å². The van der Waals surface area contributed by atoms with Gasteiger partial charge in [0.25, 0.3) is 0 Å². The lowest BCUT2D eigenvalue weighted by Crippen LogP contribution is -2.46. The van der Waals surface area contributed by atoms with E-state index in [0.717, 1.165) is 99.4 Å². The van der Waals surface area contributed by atoms with E-state index >= 15 is 0 Å². The topological polar surface area (TPSA) is 111 Å². The predicted molar refractivity (Wildman–Crippen MR) is 244 cm³/mol. The molecule has 12 heteroatoms. The molecule has 10 rings (SSSR count). The number of methoxy groups -OCH3 is 2. The van der Waals surface area contributed by atoms with Gasteiger partial charge in [0.05, 0.1) is 48.0 Å². The second-order valence-electron chi connectivity index (χ2n) is 14.6. The molecule has 1 N–H and O–H groups in total. The molecule has 0 unspecified atom stereocenters. The van der Waals surface area contributed by atoms with Crippen molar-refractivity contribution in [3.05, 3.63) is 162 Å². The maximum atomic E-state index is 5.78. The van der Waals surface area contributed by atoms with Crippen LogP contribution in [0, 0.1) is 13.8 Å². The van der Waals surface area contributed by atoms with Crippen LogP contribution in [0.15, 0.2) is 134 Å². The van der Waals surface area contributed by atoms with Crippen LogP contribution >= 0.6 is 24.0 Å². The molecule has 4 aromatic carbocycles. The Morgan fingerprint density at radius 3 is 1.62 bits per heavy atom. The SMILES string of the molecule is COc1cccc(-c2nccnc2C2CN(c3ccc4cccc(C)c4n3)C2)c1.COc1cccc(-c2nccnc2C2CNC2)c1.Cc1cccc2ccc(Cl)nc12.Cl. The first kappa shape index (κ1) is 41.9. The summed E-state index contributed by atoms with van der Waals surface area (Å²) >= 11 is 5.78. The highest BCUT2D eigenvalue weighted by Gasteiger charge is 2.32. The smallest absolute Gasteiger partial charge is 0.129 e. The van der Waals surface area contributed by atoms with Crippen molar-refractivity contribution in [3.63, 3.8) is 0 Å². The van der Waals surface area contributed by atoms with Crippen molar-refractivity contribution in [1.29, 1.82) is 0 Å². The number of fused-ring (bicyclic) bond motifs is 2. The van der Waals surface area contributed by atoms with Gasteiger partial charge < -0.3 is 19.7 Å². The first-order valence-corrected chi connectivity index (χ1v) is 20.0. The molecule has 0 aliphatic carbocycles. The van der Waals surface area contributed by atoms with Gasteiger partial charge in [0.1, 0.15) is 22.5 Å². The Bertz CT molecular complexity index is 2720. The summed E-state index contributed by atoms with van der Waals surface area (Å²) in [5.41, 5.74) is 10.5. The monoisotopic (exact) mass is 836 g/mol. The third kappa shape index (κ3) is 9.31. The molecule has 10 nitrogen and oxygen atoms in total. The summed E-state index contributed by atoms with van der Waals surface area (Å²) in [5, 5.41) is 6.14.